The Hall–Kier alpha value is -8.63. The van der Waals surface area contributed by atoms with Gasteiger partial charge in [-0.05, 0) is 113 Å². The number of hydrogen-bond acceptors (Lipinski definition) is 16. The third-order valence-corrected chi connectivity index (χ3v) is 16.9. The second kappa shape index (κ2) is 23.7. The Morgan fingerprint density at radius 1 is 0.884 bits per heavy atom. The first kappa shape index (κ1) is 57.8. The number of carbonyl (C=O) groups excluding carboxylic acids is 3. The molecule has 3 aliphatic heterocycles. The number of amides is 3. The van der Waals surface area contributed by atoms with Crippen molar-refractivity contribution < 1.29 is 42.8 Å². The quantitative estimate of drug-likeness (QED) is 0.0639. The van der Waals surface area contributed by atoms with Crippen LogP contribution < -0.4 is 19.7 Å². The number of anilines is 1. The zero-order chi connectivity index (χ0) is 60.1. The minimum absolute atomic E-state index is 0.0568. The second-order valence-corrected chi connectivity index (χ2v) is 24.3. The number of carbonyl (C=O) groups is 3. The number of aromatic nitrogens is 9. The molecule has 4 aromatic carbocycles. The molecule has 0 spiro atoms. The Morgan fingerprint density at radius 3 is 2.35 bits per heavy atom. The van der Waals surface area contributed by atoms with Gasteiger partial charge in [-0.15, -0.1) is 5.10 Å². The molecule has 3 amide bonds. The average Bonchev–Trinajstić information content (AvgIpc) is 1.89. The fraction of sp³-hybridized carbons (Fsp3) is 0.438. The van der Waals surface area contributed by atoms with Gasteiger partial charge in [0.05, 0.1) is 60.6 Å². The van der Waals surface area contributed by atoms with E-state index < -0.39 is 23.7 Å². The first-order valence-electron chi connectivity index (χ1n) is 29.6. The number of nitrogens with zero attached hydrogens (tertiary/aromatic N) is 11. The number of H-pyrrole nitrogens is 1. The molecule has 21 nitrogen and oxygen atoms in total. The van der Waals surface area contributed by atoms with Crippen LogP contribution in [0.4, 0.5) is 15.0 Å². The van der Waals surface area contributed by atoms with Gasteiger partial charge >= 0.3 is 12.1 Å². The van der Waals surface area contributed by atoms with Gasteiger partial charge in [-0.3, -0.25) is 24.7 Å². The number of methoxy groups -OCH3 is 1. The Balaban J connectivity index is 0.820. The molecule has 86 heavy (non-hydrogen) atoms. The van der Waals surface area contributed by atoms with Crippen LogP contribution in [0.2, 0.25) is 0 Å². The minimum Gasteiger partial charge on any atom is -0.486 e. The summed E-state index contributed by atoms with van der Waals surface area (Å²) in [5, 5.41) is 31.4. The summed E-state index contributed by atoms with van der Waals surface area (Å²) in [7, 11) is 1.60. The monoisotopic (exact) mass is 1170 g/mol. The molecule has 1 saturated carbocycles. The average molecular weight is 1170 g/mol. The van der Waals surface area contributed by atoms with E-state index in [-0.39, 0.29) is 73.5 Å². The molecule has 0 radical (unpaired) electrons. The van der Waals surface area contributed by atoms with Gasteiger partial charge in [0.15, 0.2) is 5.75 Å². The third-order valence-electron chi connectivity index (χ3n) is 16.9. The topological polar surface area (TPSA) is 241 Å². The highest BCUT2D eigenvalue weighted by Crippen LogP contribution is 2.54. The molecular formula is C64H72FN13O8. The molecule has 4 aliphatic rings. The van der Waals surface area contributed by atoms with Gasteiger partial charge in [0.25, 0.3) is 0 Å². The highest BCUT2D eigenvalue weighted by molar-refractivity contribution is 6.06. The van der Waals surface area contributed by atoms with Crippen LogP contribution in [0.25, 0.3) is 55.4 Å². The van der Waals surface area contributed by atoms with Crippen LogP contribution in [0.5, 0.6) is 11.8 Å². The van der Waals surface area contributed by atoms with Crippen LogP contribution in [0.1, 0.15) is 113 Å². The fourth-order valence-corrected chi connectivity index (χ4v) is 12.5. The van der Waals surface area contributed by atoms with Gasteiger partial charge in [0, 0.05) is 72.2 Å². The van der Waals surface area contributed by atoms with E-state index in [1.807, 2.05) is 95.0 Å². The number of fused-ring (bicyclic) bond motifs is 4. The molecule has 7 heterocycles. The fourth-order valence-electron chi connectivity index (χ4n) is 12.5. The maximum absolute atomic E-state index is 16.2. The van der Waals surface area contributed by atoms with Crippen LogP contribution in [0.3, 0.4) is 0 Å². The molecule has 1 aliphatic carbocycles. The summed E-state index contributed by atoms with van der Waals surface area (Å²) in [5.74, 6) is 0.0763. The van der Waals surface area contributed by atoms with E-state index in [1.165, 1.54) is 6.07 Å². The number of hydrogen-bond donors (Lipinski definition) is 3. The van der Waals surface area contributed by atoms with Gasteiger partial charge in [0.2, 0.25) is 11.8 Å². The summed E-state index contributed by atoms with van der Waals surface area (Å²) in [4.78, 5) is 66.8. The molecule has 22 heteroatoms. The molecule has 4 fully saturated rings. The molecule has 12 rings (SSSR count). The molecular weight excluding hydrogens is 1100 g/mol. The summed E-state index contributed by atoms with van der Waals surface area (Å²) in [5.41, 5.74) is 8.46. The SMILES string of the molecule is COCCOc1nc(N2CC3CC2CN3C(=O)OC(C)(C)C)c2cc(C3CC3)c(-c3c(C)c(F)cc4[nH]ncc34)c(OCc3ccc(-c4cn(C(C(=O)N5CCCC5C(=O)NC(CO)c5ccc(-c6nccnc6C)cc5)C(C)C)nn4)cc3)c2n1. The summed E-state index contributed by atoms with van der Waals surface area (Å²) in [6.07, 6.45) is 10.1. The maximum atomic E-state index is 16.2. The lowest BCUT2D eigenvalue weighted by Gasteiger charge is -2.36. The third kappa shape index (κ3) is 11.4. The maximum Gasteiger partial charge on any atom is 0.410 e. The molecule has 4 aromatic heterocycles. The molecule has 5 atom stereocenters. The molecule has 5 unspecified atom stereocenters. The van der Waals surface area contributed by atoms with Crippen molar-refractivity contribution in [1.29, 1.82) is 0 Å². The van der Waals surface area contributed by atoms with E-state index in [2.05, 4.69) is 46.8 Å². The normalized spacial score (nSPS) is 18.4. The van der Waals surface area contributed by atoms with Gasteiger partial charge in [-0.2, -0.15) is 15.1 Å². The van der Waals surface area contributed by atoms with Gasteiger partial charge < -0.3 is 44.1 Å². The minimum atomic E-state index is -0.758. The van der Waals surface area contributed by atoms with Crippen molar-refractivity contribution in [2.75, 3.05) is 51.5 Å². The molecule has 448 valence electrons. The number of aromatic amines is 1. The molecule has 8 aromatic rings. The Morgan fingerprint density at radius 2 is 1.65 bits per heavy atom. The molecule has 2 bridgehead atoms. The number of nitrogens with one attached hydrogen (secondary N) is 2. The first-order valence-corrected chi connectivity index (χ1v) is 29.6. The van der Waals surface area contributed by atoms with Crippen molar-refractivity contribution in [3.05, 3.63) is 119 Å². The molecule has 3 saturated heterocycles. The van der Waals surface area contributed by atoms with Gasteiger partial charge in [-0.25, -0.2) is 13.9 Å². The van der Waals surface area contributed by atoms with Crippen LogP contribution in [-0.4, -0.2) is 148 Å². The zero-order valence-corrected chi connectivity index (χ0v) is 49.7. The van der Waals surface area contributed by atoms with Crippen LogP contribution >= 0.6 is 0 Å². The van der Waals surface area contributed by atoms with Crippen molar-refractivity contribution in [2.24, 2.45) is 5.92 Å². The largest absolute Gasteiger partial charge is 0.486 e. The van der Waals surface area contributed by atoms with E-state index in [0.717, 1.165) is 74.8 Å². The standard InChI is InChI=1S/C64H72FN13O8/c1-35(2)57(61(81)75-23-9-10-52(75)60(80)69-51(33-79)41-17-19-42(20-18-41)55-37(4)66-21-22-67-55)78-32-50(73-74-78)40-13-11-38(12-14-40)34-85-58-54(53-36(3)48(65)28-49-47(53)29-68-72-49)45(39-15-16-39)27-46-56(58)70-62(84-25-24-83-8)71-59(46)76-30-44-26-43(76)31-77(44)63(82)86-64(5,6)7/h11-14,17-22,27-29,32,35,39,43-44,51-52,57,79H,9-10,15-16,23-26,30-31,33-34H2,1-8H3,(H,68,72)(H,69,80). The zero-order valence-electron chi connectivity index (χ0n) is 49.7. The van der Waals surface area contributed by atoms with Crippen LogP contribution in [0, 0.1) is 25.6 Å². The number of ether oxygens (including phenoxy) is 4. The van der Waals surface area contributed by atoms with Crippen molar-refractivity contribution in [3.63, 3.8) is 0 Å². The number of piperazine rings is 1. The Bertz CT molecular complexity index is 3840. The Labute approximate surface area is 497 Å². The van der Waals surface area contributed by atoms with Crippen molar-refractivity contribution in [1.82, 2.24) is 60.2 Å². The predicted molar refractivity (Wildman–Crippen MR) is 320 cm³/mol. The summed E-state index contributed by atoms with van der Waals surface area (Å²) in [6, 6.07) is 16.7. The van der Waals surface area contributed by atoms with E-state index in [1.54, 1.807) is 48.4 Å². The van der Waals surface area contributed by atoms with E-state index in [4.69, 9.17) is 28.9 Å². The van der Waals surface area contributed by atoms with E-state index in [0.29, 0.717) is 78.5 Å². The summed E-state index contributed by atoms with van der Waals surface area (Å²) >= 11 is 0. The van der Waals surface area contributed by atoms with E-state index in [9.17, 15) is 19.5 Å². The lowest BCUT2D eigenvalue weighted by molar-refractivity contribution is -0.142. The number of aliphatic hydroxyl groups is 1. The number of halogens is 1. The summed E-state index contributed by atoms with van der Waals surface area (Å²) < 4.78 is 42.4. The van der Waals surface area contributed by atoms with Crippen LogP contribution in [-0.2, 0) is 25.7 Å². The number of aryl methyl sites for hydroxylation is 1. The highest BCUT2D eigenvalue weighted by atomic mass is 19.1. The van der Waals surface area contributed by atoms with Crippen molar-refractivity contribution in [3.8, 4) is 45.4 Å². The van der Waals surface area contributed by atoms with Crippen LogP contribution in [0.15, 0.2) is 85.5 Å². The second-order valence-electron chi connectivity index (χ2n) is 24.3. The number of aliphatic hydroxyl groups excluding tert-OH is 1. The van der Waals surface area contributed by atoms with E-state index >= 15 is 4.39 Å². The van der Waals surface area contributed by atoms with Gasteiger partial charge in [-0.1, -0.05) is 67.6 Å². The number of benzene rings is 4. The lowest BCUT2D eigenvalue weighted by atomic mass is 9.88. The molecule has 3 N–H and O–H groups in total. The smallest absolute Gasteiger partial charge is 0.410 e. The van der Waals surface area contributed by atoms with Crippen molar-refractivity contribution in [2.45, 2.75) is 129 Å². The highest BCUT2D eigenvalue weighted by Gasteiger charge is 2.48. The summed E-state index contributed by atoms with van der Waals surface area (Å²) in [6.45, 7) is 14.8. The first-order chi connectivity index (χ1) is 41.5. The number of likely N-dealkylation sites (tertiary alicyclic amines) is 2. The number of rotatable bonds is 19. The Kier molecular flexibility index (Phi) is 15.9. The lowest BCUT2D eigenvalue weighted by Crippen LogP contribution is -2.50. The van der Waals surface area contributed by atoms with Crippen molar-refractivity contribution >= 4 is 45.5 Å². The van der Waals surface area contributed by atoms with Gasteiger partial charge in [0.1, 0.15) is 53.7 Å². The predicted octanol–water partition coefficient (Wildman–Crippen LogP) is 9.36.